The summed E-state index contributed by atoms with van der Waals surface area (Å²) < 4.78 is 20.0. The normalized spacial score (nSPS) is 12.3. The molecule has 0 aliphatic heterocycles. The number of aromatic nitrogens is 2. The van der Waals surface area contributed by atoms with Gasteiger partial charge in [-0.25, -0.2) is 9.48 Å². The molecule has 1 unspecified atom stereocenters. The van der Waals surface area contributed by atoms with Crippen LogP contribution in [0, 0.1) is 5.92 Å². The van der Waals surface area contributed by atoms with E-state index in [2.05, 4.69) is 17.3 Å². The molecule has 1 heterocycles. The Balaban J connectivity index is 1.56. The van der Waals surface area contributed by atoms with E-state index < -0.39 is 6.09 Å². The molecule has 0 aliphatic carbocycles. The number of hydrogen-bond acceptors (Lipinski definition) is 4. The molecule has 1 amide bonds. The minimum atomic E-state index is -0.402. The number of alkyl carbamates (subject to hydrolysis) is 1. The Morgan fingerprint density at radius 2 is 2.21 bits per heavy atom. The molecule has 1 atom stereocenters. The number of carbonyl (C=O) groups is 1. The highest BCUT2D eigenvalue weighted by molar-refractivity contribution is 5.67. The van der Waals surface area contributed by atoms with Crippen molar-refractivity contribution in [1.29, 1.82) is 0 Å². The molecule has 1 N–H and O–H groups in total. The van der Waals surface area contributed by atoms with Gasteiger partial charge in [-0.05, 0) is 24.3 Å². The quantitative estimate of drug-likeness (QED) is 0.717. The van der Waals surface area contributed by atoms with Gasteiger partial charge in [-0.1, -0.05) is 37.3 Å². The minimum absolute atomic E-state index is 0.273. The van der Waals surface area contributed by atoms with Crippen molar-refractivity contribution in [1.82, 2.24) is 15.1 Å². The number of nitrogens with zero attached hydrogens (tertiary/aromatic N) is 2. The Hall–Kier alpha value is -2.50. The van der Waals surface area contributed by atoms with Gasteiger partial charge in [-0.2, -0.15) is 5.10 Å². The molecule has 0 saturated carbocycles. The van der Waals surface area contributed by atoms with Crippen molar-refractivity contribution in [2.45, 2.75) is 26.4 Å². The van der Waals surface area contributed by atoms with Gasteiger partial charge < -0.3 is 14.8 Å². The van der Waals surface area contributed by atoms with E-state index in [4.69, 9.17) is 10.8 Å². The molecule has 0 fully saturated rings. The molecule has 0 saturated heterocycles. The maximum absolute atomic E-state index is 11.7. The molecule has 6 nitrogen and oxygen atoms in total. The van der Waals surface area contributed by atoms with Crippen LogP contribution >= 0.6 is 0 Å². The van der Waals surface area contributed by atoms with Crippen molar-refractivity contribution in [2.24, 2.45) is 13.0 Å². The van der Waals surface area contributed by atoms with Gasteiger partial charge in [0.15, 0.2) is 0 Å². The summed E-state index contributed by atoms with van der Waals surface area (Å²) >= 11 is 0. The molecular formula is C18H25N3O3. The molecule has 2 aromatic rings. The average molecular weight is 332 g/mol. The van der Waals surface area contributed by atoms with Gasteiger partial charge in [0, 0.05) is 19.6 Å². The fourth-order valence-corrected chi connectivity index (χ4v) is 2.19. The van der Waals surface area contributed by atoms with Gasteiger partial charge in [0.2, 0.25) is 5.88 Å². The Kier molecular flexibility index (Phi) is 6.54. The number of benzene rings is 1. The van der Waals surface area contributed by atoms with Crippen molar-refractivity contribution < 1.29 is 15.6 Å². The van der Waals surface area contributed by atoms with Crippen molar-refractivity contribution >= 4 is 6.09 Å². The summed E-state index contributed by atoms with van der Waals surface area (Å²) in [5, 5.41) is 6.74. The molecule has 0 aliphatic rings. The molecule has 0 bridgehead atoms. The first-order valence-electron chi connectivity index (χ1n) is 8.62. The third kappa shape index (κ3) is 6.32. The monoisotopic (exact) mass is 332 g/mol. The number of hydrogen-bond donors (Lipinski definition) is 1. The van der Waals surface area contributed by atoms with Gasteiger partial charge in [0.1, 0.15) is 6.61 Å². The first kappa shape index (κ1) is 16.4. The second-order valence-corrected chi connectivity index (χ2v) is 5.76. The Morgan fingerprint density at radius 1 is 1.42 bits per heavy atom. The maximum atomic E-state index is 11.7. The lowest BCUT2D eigenvalue weighted by Gasteiger charge is -2.13. The van der Waals surface area contributed by atoms with Gasteiger partial charge in [0.05, 0.1) is 14.2 Å². The van der Waals surface area contributed by atoms with Crippen LogP contribution in [0.15, 0.2) is 42.6 Å². The van der Waals surface area contributed by atoms with E-state index in [-0.39, 0.29) is 6.61 Å². The molecule has 2 rings (SSSR count). The third-order valence-corrected chi connectivity index (χ3v) is 3.60. The molecule has 1 aromatic heterocycles. The molecule has 0 spiro atoms. The lowest BCUT2D eigenvalue weighted by atomic mass is 10.1. The van der Waals surface area contributed by atoms with Crippen LogP contribution in [-0.2, 0) is 18.4 Å². The van der Waals surface area contributed by atoms with Crippen molar-refractivity contribution in [3.63, 3.8) is 0 Å². The summed E-state index contributed by atoms with van der Waals surface area (Å²) in [6, 6.07) is 9.87. The fourth-order valence-electron chi connectivity index (χ4n) is 2.19. The maximum Gasteiger partial charge on any atom is 0.407 e. The largest absolute Gasteiger partial charge is 0.478 e. The molecule has 24 heavy (non-hydrogen) atoms. The summed E-state index contributed by atoms with van der Waals surface area (Å²) in [7, 11) is 1.75. The highest BCUT2D eigenvalue weighted by Crippen LogP contribution is 2.10. The highest BCUT2D eigenvalue weighted by atomic mass is 16.5. The van der Waals surface area contributed by atoms with E-state index in [1.165, 1.54) is 6.20 Å². The van der Waals surface area contributed by atoms with E-state index in [0.29, 0.717) is 31.0 Å². The predicted octanol–water partition coefficient (Wildman–Crippen LogP) is 3.14. The minimum Gasteiger partial charge on any atom is -0.478 e. The number of rotatable bonds is 9. The van der Waals surface area contributed by atoms with Crippen LogP contribution in [0.5, 0.6) is 5.88 Å². The van der Waals surface area contributed by atoms with E-state index in [1.807, 2.05) is 30.3 Å². The van der Waals surface area contributed by atoms with Crippen LogP contribution in [0.2, 0.25) is 0 Å². The zero-order chi connectivity index (χ0) is 18.1. The molecule has 130 valence electrons. The lowest BCUT2D eigenvalue weighted by Crippen LogP contribution is -2.29. The summed E-state index contributed by atoms with van der Waals surface area (Å²) in [6.45, 7) is 3.42. The lowest BCUT2D eigenvalue weighted by molar-refractivity contribution is 0.138. The number of ether oxygens (including phenoxy) is 2. The standard InChI is InChI=1S/C18H25N3O3/c1-15(7-6-12-23-17-10-11-20-21(17)2)13-19-18(22)24-14-16-8-4-3-5-9-16/h3-5,8-11,15H,6-7,12-14H2,1-2H3,(H,19,22)/i10D. The van der Waals surface area contributed by atoms with Crippen LogP contribution in [-0.4, -0.2) is 29.0 Å². The van der Waals surface area contributed by atoms with Crippen LogP contribution in [0.3, 0.4) is 0 Å². The van der Waals surface area contributed by atoms with E-state index in [1.54, 1.807) is 11.7 Å². The van der Waals surface area contributed by atoms with Crippen LogP contribution in [0.4, 0.5) is 4.79 Å². The van der Waals surface area contributed by atoms with Crippen LogP contribution in [0.1, 0.15) is 26.7 Å². The molecule has 6 heteroatoms. The molecular weight excluding hydrogens is 306 g/mol. The van der Waals surface area contributed by atoms with Gasteiger partial charge in [-0.15, -0.1) is 0 Å². The number of nitrogens with one attached hydrogen (secondary N) is 1. The molecule has 1 aromatic carbocycles. The van der Waals surface area contributed by atoms with E-state index in [0.717, 1.165) is 18.4 Å². The second kappa shape index (κ2) is 9.60. The summed E-state index contributed by atoms with van der Waals surface area (Å²) in [5.74, 6) is 0.796. The SMILES string of the molecule is [2H]c1cnn(C)c1OCCCC(C)CNC(=O)OCc1ccccc1. The Labute approximate surface area is 144 Å². The number of amides is 1. The fraction of sp³-hybridized carbons (Fsp3) is 0.444. The predicted molar refractivity (Wildman–Crippen MR) is 91.7 cm³/mol. The van der Waals surface area contributed by atoms with Crippen LogP contribution in [0.25, 0.3) is 0 Å². The van der Waals surface area contributed by atoms with Crippen molar-refractivity contribution in [3.05, 3.63) is 48.1 Å². The average Bonchev–Trinajstić information content (AvgIpc) is 2.94. The van der Waals surface area contributed by atoms with Crippen molar-refractivity contribution in [3.8, 4) is 5.88 Å². The van der Waals surface area contributed by atoms with Crippen molar-refractivity contribution in [2.75, 3.05) is 13.2 Å². The summed E-state index contributed by atoms with van der Waals surface area (Å²) in [5.41, 5.74) is 0.965. The topological polar surface area (TPSA) is 65.4 Å². The van der Waals surface area contributed by atoms with E-state index >= 15 is 0 Å². The van der Waals surface area contributed by atoms with E-state index in [9.17, 15) is 4.79 Å². The number of aryl methyl sites for hydroxylation is 1. The number of carbonyl (C=O) groups excluding carboxylic acids is 1. The Morgan fingerprint density at radius 3 is 2.92 bits per heavy atom. The summed E-state index contributed by atoms with van der Waals surface area (Å²) in [4.78, 5) is 11.7. The second-order valence-electron chi connectivity index (χ2n) is 5.76. The van der Waals surface area contributed by atoms with Gasteiger partial charge in [-0.3, -0.25) is 0 Å². The first-order chi connectivity index (χ1) is 12.1. The highest BCUT2D eigenvalue weighted by Gasteiger charge is 2.07. The first-order valence-corrected chi connectivity index (χ1v) is 8.12. The third-order valence-electron chi connectivity index (χ3n) is 3.60. The summed E-state index contributed by atoms with van der Waals surface area (Å²) in [6.07, 6.45) is 2.81. The van der Waals surface area contributed by atoms with Gasteiger partial charge >= 0.3 is 6.09 Å². The van der Waals surface area contributed by atoms with Crippen LogP contribution < -0.4 is 10.1 Å². The smallest absolute Gasteiger partial charge is 0.407 e. The van der Waals surface area contributed by atoms with Gasteiger partial charge in [0.25, 0.3) is 0 Å². The Bertz CT molecular complexity index is 641. The zero-order valence-electron chi connectivity index (χ0n) is 15.2. The molecule has 0 radical (unpaired) electrons. The zero-order valence-corrected chi connectivity index (χ0v) is 14.2.